The van der Waals surface area contributed by atoms with Gasteiger partial charge in [0.2, 0.25) is 0 Å². The lowest BCUT2D eigenvalue weighted by molar-refractivity contribution is 0.589. The van der Waals surface area contributed by atoms with Crippen LogP contribution in [0.5, 0.6) is 0 Å². The predicted octanol–water partition coefficient (Wildman–Crippen LogP) is 22.0. The lowest BCUT2D eigenvalue weighted by Gasteiger charge is -2.38. The maximum Gasteiger partial charge on any atom is 0.252 e. The van der Waals surface area contributed by atoms with E-state index in [0.29, 0.717) is 44.0 Å². The summed E-state index contributed by atoms with van der Waals surface area (Å²) in [6, 6.07) is 51.0. The second kappa shape index (κ2) is 19.8. The molecule has 0 amide bonds. The number of benzene rings is 13. The van der Waals surface area contributed by atoms with Crippen LogP contribution < -0.4 is 16.4 Å². The molecule has 19 rings (SSSR count). The van der Waals surface area contributed by atoms with E-state index in [-0.39, 0.29) is 43.6 Å². The molecule has 4 aromatic heterocycles. The Hall–Kier alpha value is -10.9. The zero-order valence-electron chi connectivity index (χ0n) is 70.0. The Morgan fingerprint density at radius 2 is 0.568 bits per heavy atom. The first-order valence-electron chi connectivity index (χ1n) is 40.6. The third kappa shape index (κ3) is 7.90. The summed E-state index contributed by atoms with van der Waals surface area (Å²) in [5.41, 5.74) is 9.06. The second-order valence-corrected chi connectivity index (χ2v) is 28.8. The van der Waals surface area contributed by atoms with Crippen molar-refractivity contribution in [3.8, 4) is 22.7 Å². The molecular weight excluding hydrogens is 1150 g/mol. The van der Waals surface area contributed by atoms with E-state index in [2.05, 4.69) is 181 Å². The van der Waals surface area contributed by atoms with Crippen LogP contribution in [0.4, 0.5) is 0 Å². The van der Waals surface area contributed by atoms with E-state index in [1.807, 2.05) is 60.7 Å². The Morgan fingerprint density at radius 1 is 0.263 bits per heavy atom. The van der Waals surface area contributed by atoms with Gasteiger partial charge in [-0.05, 0) is 153 Å². The molecule has 2 aliphatic heterocycles. The lowest BCUT2D eigenvalue weighted by atomic mass is 9.34. The molecule has 0 spiro atoms. The lowest BCUT2D eigenvalue weighted by Crippen LogP contribution is -2.60. The number of hydrogen-bond acceptors (Lipinski definition) is 0. The van der Waals surface area contributed by atoms with Crippen LogP contribution in [-0.4, -0.2) is 25.0 Å². The van der Waals surface area contributed by atoms with Crippen LogP contribution >= 0.6 is 0 Å². The summed E-state index contributed by atoms with van der Waals surface area (Å²) in [5, 5.41) is 9.30. The highest BCUT2D eigenvalue weighted by Crippen LogP contribution is 2.47. The van der Waals surface area contributed by atoms with Crippen molar-refractivity contribution in [1.29, 1.82) is 0 Å². The molecule has 0 N–H and O–H groups in total. The van der Waals surface area contributed by atoms with E-state index < -0.39 is 120 Å². The Kier molecular flexibility index (Phi) is 8.70. The van der Waals surface area contributed by atoms with Crippen LogP contribution in [0.15, 0.2) is 267 Å². The largest absolute Gasteiger partial charge is 0.310 e. The molecule has 0 bridgehead atoms. The number of hydrogen-bond donors (Lipinski definition) is 0. The van der Waals surface area contributed by atoms with Gasteiger partial charge >= 0.3 is 0 Å². The molecule has 0 radical (unpaired) electrons. The molecule has 0 unspecified atom stereocenters. The number of rotatable bonds is 2. The zero-order valence-corrected chi connectivity index (χ0v) is 54.0. The molecular formula is C90H71BN4. The van der Waals surface area contributed by atoms with Crippen molar-refractivity contribution in [3.05, 3.63) is 283 Å². The quantitative estimate of drug-likeness (QED) is 0.154. The van der Waals surface area contributed by atoms with E-state index >= 15 is 0 Å². The maximum absolute atomic E-state index is 10.1. The third-order valence-electron chi connectivity index (χ3n) is 20.4. The van der Waals surface area contributed by atoms with Crippen molar-refractivity contribution in [1.82, 2.24) is 18.3 Å². The average molecular weight is 1240 g/mol. The Bertz CT molecular complexity index is 6840. The Morgan fingerprint density at radius 3 is 0.905 bits per heavy atom. The predicted molar refractivity (Wildman–Crippen MR) is 410 cm³/mol. The van der Waals surface area contributed by atoms with E-state index in [0.717, 1.165) is 98.6 Å². The van der Waals surface area contributed by atoms with E-state index in [4.69, 9.17) is 0 Å². The highest BCUT2D eigenvalue weighted by atomic mass is 15.0. The fourth-order valence-corrected chi connectivity index (χ4v) is 15.9. The van der Waals surface area contributed by atoms with Gasteiger partial charge in [0.15, 0.2) is 0 Å². The van der Waals surface area contributed by atoms with Gasteiger partial charge in [0, 0.05) is 54.5 Å². The Labute approximate surface area is 575 Å². The van der Waals surface area contributed by atoms with Gasteiger partial charge < -0.3 is 18.3 Å². The molecule has 0 atom stereocenters. The average Bonchev–Trinajstić information content (AvgIpc) is 1.67. The van der Waals surface area contributed by atoms with Crippen LogP contribution in [-0.2, 0) is 16.2 Å². The van der Waals surface area contributed by atoms with Crippen LogP contribution in [0, 0.1) is 0 Å². The van der Waals surface area contributed by atoms with Gasteiger partial charge in [-0.1, -0.05) is 268 Å². The minimum Gasteiger partial charge on any atom is -0.310 e. The minimum absolute atomic E-state index is 0.0403. The van der Waals surface area contributed by atoms with Crippen molar-refractivity contribution < 1.29 is 21.9 Å². The highest BCUT2D eigenvalue weighted by molar-refractivity contribution is 7.00. The van der Waals surface area contributed by atoms with Gasteiger partial charge in [-0.2, -0.15) is 0 Å². The third-order valence-corrected chi connectivity index (χ3v) is 20.4. The zero-order chi connectivity index (χ0) is 78.1. The normalized spacial score (nSPS) is 15.4. The van der Waals surface area contributed by atoms with Gasteiger partial charge in [-0.3, -0.25) is 0 Å². The smallest absolute Gasteiger partial charge is 0.252 e. The van der Waals surface area contributed by atoms with Gasteiger partial charge in [-0.15, -0.1) is 0 Å². The summed E-state index contributed by atoms with van der Waals surface area (Å²) in [7, 11) is 0. The van der Waals surface area contributed by atoms with Gasteiger partial charge in [0.25, 0.3) is 6.71 Å². The molecule has 13 aromatic carbocycles. The molecule has 5 heteroatoms. The molecule has 0 aliphatic carbocycles. The number of nitrogens with zero attached hydrogens (tertiary/aromatic N) is 4. The van der Waals surface area contributed by atoms with Crippen molar-refractivity contribution >= 4 is 153 Å². The summed E-state index contributed by atoms with van der Waals surface area (Å²) >= 11 is 0. The summed E-state index contributed by atoms with van der Waals surface area (Å²) in [5.74, 6) is 0. The molecule has 0 saturated heterocycles. The van der Waals surface area contributed by atoms with Gasteiger partial charge in [0.1, 0.15) is 0 Å². The fourth-order valence-electron chi connectivity index (χ4n) is 15.9. The second-order valence-electron chi connectivity index (χ2n) is 28.8. The summed E-state index contributed by atoms with van der Waals surface area (Å²) in [6.07, 6.45) is 0. The first kappa shape index (κ1) is 41.7. The van der Waals surface area contributed by atoms with Gasteiger partial charge in [-0.25, -0.2) is 0 Å². The molecule has 2 aliphatic rings. The summed E-state index contributed by atoms with van der Waals surface area (Å²) in [6.45, 7) is 19.0. The fraction of sp³-hybridized carbons (Fsp3) is 0.133. The van der Waals surface area contributed by atoms with E-state index in [1.165, 1.54) is 0 Å². The number of para-hydroxylation sites is 4. The van der Waals surface area contributed by atoms with Crippen LogP contribution in [0.25, 0.3) is 153 Å². The molecule has 6 heterocycles. The van der Waals surface area contributed by atoms with Crippen molar-refractivity contribution in [3.63, 3.8) is 0 Å². The maximum atomic E-state index is 10.1. The number of fused-ring (bicyclic) bond motifs is 24. The topological polar surface area (TPSA) is 19.7 Å². The minimum atomic E-state index is -0.781. The SMILES string of the molecule is [2H]c1c([2H])c([2H])c2c(c1[2H])c1c([2H])c([2H])c([2H])c([2H])c1n2-c1ccc2c3c1c1ccccc1c1ccccc1c1ccc(C(C)(C)C)cc1n3-c1cc(C(C)(C)C)cc3c1B2c1ccc(-n2c4c([2H])c([2H])c([2H])c([2H])c4c4c([2H])c([2H])c([2H])c([2H])c42)c2c4ccccc4c4ccccc4c4ccc(C(C)(C)C)cc4n-3c12. The monoisotopic (exact) mass is 1230 g/mol. The highest BCUT2D eigenvalue weighted by Gasteiger charge is 2.42. The standard InChI is InChI=1S/C90H71BN4/c1-88(2,3)54-42-44-67-59-28-12-10-26-57(59)61-30-14-16-36-69(61)83-77(92-73-38-22-18-32-63(73)64-33-19-23-39-74(64)92)48-46-71-86(83)94(79(67)50-54)81-52-56(90(7,8)9)53-82-85(81)91(71)72-47-49-78(93-75-40-24-20-34-65(75)66-35-21-25-41-76(66)93)84-70-37-17-15-31-62(70)58-27-11-13-29-60(58)68-45-43-55(89(4,5)6)51-80(68)95(82)87(72)84/h10-53H,1-9H3/i18D,19D,20D,21D,22D,23D,24D,25D,32D,33D,34D,35D,38D,39D,40D,41D. The van der Waals surface area contributed by atoms with Gasteiger partial charge in [0.05, 0.1) is 77.4 Å². The van der Waals surface area contributed by atoms with Crippen molar-refractivity contribution in [2.75, 3.05) is 0 Å². The molecule has 95 heavy (non-hydrogen) atoms. The summed E-state index contributed by atoms with van der Waals surface area (Å²) in [4.78, 5) is 0. The molecule has 0 fully saturated rings. The molecule has 454 valence electrons. The van der Waals surface area contributed by atoms with Crippen LogP contribution in [0.2, 0.25) is 0 Å². The van der Waals surface area contributed by atoms with Crippen molar-refractivity contribution in [2.45, 2.75) is 78.6 Å². The summed E-state index contributed by atoms with van der Waals surface area (Å²) < 4.78 is 162. The Balaban J connectivity index is 1.17. The first-order chi connectivity index (χ1) is 52.7. The van der Waals surface area contributed by atoms with Crippen molar-refractivity contribution in [2.24, 2.45) is 0 Å². The van der Waals surface area contributed by atoms with Crippen LogP contribution in [0.1, 0.15) is 101 Å². The number of aromatic nitrogens is 4. The van der Waals surface area contributed by atoms with E-state index in [1.54, 1.807) is 9.13 Å². The molecule has 0 saturated carbocycles. The van der Waals surface area contributed by atoms with Crippen LogP contribution in [0.3, 0.4) is 0 Å². The molecule has 4 nitrogen and oxygen atoms in total. The first-order valence-corrected chi connectivity index (χ1v) is 32.6. The molecule has 17 aromatic rings. The van der Waals surface area contributed by atoms with E-state index in [9.17, 15) is 21.9 Å².